The van der Waals surface area contributed by atoms with Crippen LogP contribution in [0, 0.1) is 0 Å². The van der Waals surface area contributed by atoms with Crippen molar-refractivity contribution in [2.45, 2.75) is 42.0 Å². The summed E-state index contributed by atoms with van der Waals surface area (Å²) in [7, 11) is -4.81. The molecule has 3 aromatic carbocycles. The van der Waals surface area contributed by atoms with Gasteiger partial charge in [0.1, 0.15) is 12.1 Å². The fourth-order valence-electron chi connectivity index (χ4n) is 4.56. The number of aromatic nitrogens is 3. The van der Waals surface area contributed by atoms with Gasteiger partial charge >= 0.3 is 37.4 Å². The first kappa shape index (κ1) is 35.5. The summed E-state index contributed by atoms with van der Waals surface area (Å²) in [5.41, 5.74) is 8.25. The average Bonchev–Trinajstić information content (AvgIpc) is 3.02. The molecule has 0 fully saturated rings. The molecular weight excluding hydrogens is 634 g/mol. The number of carbonyl (C=O) groups excluding carboxylic acids is 1. The van der Waals surface area contributed by atoms with Crippen LogP contribution in [0.25, 0.3) is 11.0 Å². The molecule has 0 radical (unpaired) electrons. The summed E-state index contributed by atoms with van der Waals surface area (Å²) < 4.78 is 16.4. The van der Waals surface area contributed by atoms with Gasteiger partial charge in [0.2, 0.25) is 0 Å². The second-order valence-corrected chi connectivity index (χ2v) is 13.3. The molecule has 234 valence electrons. The molecule has 6 N–H and O–H groups in total. The Hall–Kier alpha value is -3.32. The third-order valence-electron chi connectivity index (χ3n) is 7.03. The molecule has 46 heavy (non-hydrogen) atoms. The van der Waals surface area contributed by atoms with Gasteiger partial charge in [0.25, 0.3) is 5.91 Å². The Morgan fingerprint density at radius 3 is 2.41 bits per heavy atom. The van der Waals surface area contributed by atoms with Crippen LogP contribution in [0.5, 0.6) is 0 Å². The minimum absolute atomic E-state index is 0. The maximum atomic E-state index is 13.7. The number of pyridine rings is 1. The predicted molar refractivity (Wildman–Crippen MR) is 183 cm³/mol. The van der Waals surface area contributed by atoms with Gasteiger partial charge in [-0.1, -0.05) is 55.9 Å². The summed E-state index contributed by atoms with van der Waals surface area (Å²) in [6.45, 7) is 5.31. The zero-order chi connectivity index (χ0) is 32.2. The molecule has 0 saturated carbocycles. The van der Waals surface area contributed by atoms with Gasteiger partial charge < -0.3 is 26.2 Å². The molecule has 14 heteroatoms. The molecule has 1 atom stereocenters. The van der Waals surface area contributed by atoms with Gasteiger partial charge in [-0.3, -0.25) is 9.32 Å². The molecule has 5 aromatic rings. The fraction of sp³-hybridized carbons (Fsp3) is 0.188. The maximum absolute atomic E-state index is 13.7. The van der Waals surface area contributed by atoms with Crippen molar-refractivity contribution in [3.05, 3.63) is 108 Å². The molecule has 1 amide bonds. The summed E-state index contributed by atoms with van der Waals surface area (Å²) >= 11 is 1.48. The average molecular weight is 669 g/mol. The number of phosphoric acid groups is 1. The van der Waals surface area contributed by atoms with Gasteiger partial charge in [-0.25, -0.2) is 19.5 Å². The number of phosphoric ester groups is 1. The van der Waals surface area contributed by atoms with Crippen molar-refractivity contribution in [1.82, 2.24) is 20.3 Å². The number of benzene rings is 3. The van der Waals surface area contributed by atoms with E-state index in [2.05, 4.69) is 39.4 Å². The van der Waals surface area contributed by atoms with Gasteiger partial charge in [0.15, 0.2) is 5.65 Å². The predicted octanol–water partition coefficient (Wildman–Crippen LogP) is 5.73. The Morgan fingerprint density at radius 1 is 1.02 bits per heavy atom. The molecule has 0 saturated heterocycles. The Balaban J connectivity index is 0.00000480. The van der Waals surface area contributed by atoms with Crippen LogP contribution in [0.4, 0.5) is 17.2 Å². The van der Waals surface area contributed by atoms with Crippen LogP contribution < -0.4 is 16.4 Å². The molecule has 0 aliphatic rings. The van der Waals surface area contributed by atoms with Crippen LogP contribution in [-0.4, -0.2) is 66.8 Å². The van der Waals surface area contributed by atoms with E-state index in [-0.39, 0.29) is 35.5 Å². The number of nitrogens with two attached hydrogens (primary N) is 1. The third kappa shape index (κ3) is 8.93. The van der Waals surface area contributed by atoms with Crippen molar-refractivity contribution >= 4 is 83.3 Å². The molecule has 0 bridgehead atoms. The summed E-state index contributed by atoms with van der Waals surface area (Å²) in [6.07, 6.45) is 1.44. The third-order valence-corrected chi connectivity index (χ3v) is 8.58. The first-order chi connectivity index (χ1) is 21.4. The van der Waals surface area contributed by atoms with Crippen molar-refractivity contribution < 1.29 is 23.7 Å². The molecule has 2 heterocycles. The van der Waals surface area contributed by atoms with Crippen molar-refractivity contribution in [1.29, 1.82) is 0 Å². The topological polar surface area (TPSA) is 173 Å². The van der Waals surface area contributed by atoms with Crippen molar-refractivity contribution in [3.8, 4) is 0 Å². The molecule has 2 aromatic heterocycles. The van der Waals surface area contributed by atoms with Gasteiger partial charge in [0, 0.05) is 26.7 Å². The first-order valence-corrected chi connectivity index (χ1v) is 16.4. The van der Waals surface area contributed by atoms with Crippen LogP contribution in [-0.2, 0) is 14.6 Å². The van der Waals surface area contributed by atoms with Gasteiger partial charge in [-0.2, -0.15) is 0 Å². The van der Waals surface area contributed by atoms with E-state index in [0.29, 0.717) is 39.4 Å². The Labute approximate surface area is 293 Å². The second kappa shape index (κ2) is 15.1. The minimum atomic E-state index is -4.81. The summed E-state index contributed by atoms with van der Waals surface area (Å²) in [5.74, 6) is 0.273. The summed E-state index contributed by atoms with van der Waals surface area (Å²) in [5, 5.41) is 7.02. The van der Waals surface area contributed by atoms with Gasteiger partial charge in [0.05, 0.1) is 23.2 Å². The monoisotopic (exact) mass is 668 g/mol. The van der Waals surface area contributed by atoms with E-state index in [1.165, 1.54) is 18.1 Å². The molecular formula is C32H34N6NaO5PS. The molecule has 0 aliphatic heterocycles. The SMILES string of the molecule is CC(C)c1ccc2c(Nc3cc(C(=O)NC(C)(COP(=O)(O)O)c4ccccc4)ccc3Sc3ccc(N)cc3)ncnc2n1.[NaH]. The molecule has 5 rings (SSSR count). The normalized spacial score (nSPS) is 12.7. The van der Waals surface area contributed by atoms with E-state index in [0.717, 1.165) is 15.5 Å². The van der Waals surface area contributed by atoms with Crippen LogP contribution in [0.2, 0.25) is 0 Å². The van der Waals surface area contributed by atoms with E-state index < -0.39 is 25.9 Å². The summed E-state index contributed by atoms with van der Waals surface area (Å²) in [6, 6.07) is 25.4. The number of amides is 1. The van der Waals surface area contributed by atoms with E-state index in [1.54, 1.807) is 49.4 Å². The zero-order valence-electron chi connectivity index (χ0n) is 24.8. The number of hydrogen-bond acceptors (Lipinski definition) is 9. The quantitative estimate of drug-likeness (QED) is 0.0661. The molecule has 1 unspecified atom stereocenters. The summed E-state index contributed by atoms with van der Waals surface area (Å²) in [4.78, 5) is 47.8. The number of nitrogen functional groups attached to an aromatic ring is 1. The van der Waals surface area contributed by atoms with Crippen molar-refractivity contribution in [2.75, 3.05) is 17.7 Å². The van der Waals surface area contributed by atoms with Gasteiger partial charge in [-0.15, -0.1) is 0 Å². The van der Waals surface area contributed by atoms with Crippen LogP contribution >= 0.6 is 19.6 Å². The van der Waals surface area contributed by atoms with Crippen molar-refractivity contribution in [3.63, 3.8) is 0 Å². The number of carbonyl (C=O) groups is 1. The standard InChI is InChI=1S/C32H33N6O5PS.Na.H/c1-20(2)26-15-14-25-29(36-26)34-19-35-30(25)37-27-17-21(9-16-28(27)45-24-12-10-23(33)11-13-24)31(39)38-32(3,18-43-44(40,41)42)22-7-5-4-6-8-22;;/h4-17,19-20H,18,33H2,1-3H3,(H,38,39)(H2,40,41,42)(H,34,35,36,37);;. The van der Waals surface area contributed by atoms with Crippen LogP contribution in [0.3, 0.4) is 0 Å². The molecule has 0 aliphatic carbocycles. The number of hydrogen-bond donors (Lipinski definition) is 5. The van der Waals surface area contributed by atoms with E-state index in [9.17, 15) is 19.1 Å². The second-order valence-electron chi connectivity index (χ2n) is 10.9. The van der Waals surface area contributed by atoms with Crippen LogP contribution in [0.1, 0.15) is 48.3 Å². The molecule has 11 nitrogen and oxygen atoms in total. The number of rotatable bonds is 11. The van der Waals surface area contributed by atoms with E-state index in [4.69, 9.17) is 10.3 Å². The Morgan fingerprint density at radius 2 is 1.74 bits per heavy atom. The van der Waals surface area contributed by atoms with E-state index in [1.807, 2.05) is 42.5 Å². The van der Waals surface area contributed by atoms with E-state index >= 15 is 0 Å². The number of nitrogens with one attached hydrogen (secondary N) is 2. The number of nitrogens with zero attached hydrogens (tertiary/aromatic N) is 3. The Bertz CT molecular complexity index is 1880. The van der Waals surface area contributed by atoms with Gasteiger partial charge in [-0.05, 0) is 73.0 Å². The number of fused-ring (bicyclic) bond motifs is 1. The van der Waals surface area contributed by atoms with Crippen LogP contribution in [0.15, 0.2) is 101 Å². The number of anilines is 3. The zero-order valence-corrected chi connectivity index (χ0v) is 26.5. The molecule has 0 spiro atoms. The fourth-order valence-corrected chi connectivity index (χ4v) is 5.87. The van der Waals surface area contributed by atoms with Crippen molar-refractivity contribution in [2.24, 2.45) is 0 Å². The Kier molecular flexibility index (Phi) is 11.6. The first-order valence-electron chi connectivity index (χ1n) is 14.0.